The number of rotatable bonds is 6. The van der Waals surface area contributed by atoms with E-state index in [-0.39, 0.29) is 12.4 Å². The third-order valence-electron chi connectivity index (χ3n) is 4.47. The summed E-state index contributed by atoms with van der Waals surface area (Å²) in [4.78, 5) is 11.8. The van der Waals surface area contributed by atoms with Crippen LogP contribution in [0.25, 0.3) is 0 Å². The summed E-state index contributed by atoms with van der Waals surface area (Å²) in [5, 5.41) is 3.31. The number of ether oxygens (including phenoxy) is 1. The summed E-state index contributed by atoms with van der Waals surface area (Å²) in [6.07, 6.45) is 2.10. The number of fused-ring (bicyclic) bond motifs is 1. The van der Waals surface area contributed by atoms with Crippen molar-refractivity contribution >= 4 is 24.2 Å². The molecule has 0 unspecified atom stereocenters. The van der Waals surface area contributed by atoms with Crippen LogP contribution in [0.3, 0.4) is 0 Å². The first-order chi connectivity index (χ1) is 11.7. The fraction of sp³-hybridized carbons (Fsp3) is 0.474. The molecular weight excluding hydrogens is 336 g/mol. The second-order valence-electron chi connectivity index (χ2n) is 6.24. The van der Waals surface area contributed by atoms with Gasteiger partial charge in [0.1, 0.15) is 5.82 Å². The second kappa shape index (κ2) is 9.02. The Balaban J connectivity index is 0.00000225. The molecular formula is C19H27ClN4O. The van der Waals surface area contributed by atoms with Crippen LogP contribution in [0.4, 0.5) is 11.8 Å². The lowest BCUT2D eigenvalue weighted by Gasteiger charge is -2.31. The minimum Gasteiger partial charge on any atom is -0.378 e. The standard InChI is InChI=1S/C19H26N4O.ClH/c1-4-10-20-19-21-17(13-24-3)14(2)18(22-19)23-11-9-15-7-5-6-8-16(15)12-23;/h5-8H,4,9-13H2,1-3H3,(H,20,21,22);1H. The topological polar surface area (TPSA) is 50.3 Å². The first-order valence-corrected chi connectivity index (χ1v) is 8.65. The molecule has 1 aliphatic rings. The third kappa shape index (κ3) is 4.41. The Bertz CT molecular complexity index is 708. The molecule has 0 saturated heterocycles. The first-order valence-electron chi connectivity index (χ1n) is 8.65. The van der Waals surface area contributed by atoms with E-state index >= 15 is 0 Å². The van der Waals surface area contributed by atoms with Crippen molar-refractivity contribution in [2.45, 2.75) is 39.8 Å². The van der Waals surface area contributed by atoms with Gasteiger partial charge in [0, 0.05) is 32.3 Å². The van der Waals surface area contributed by atoms with Crippen LogP contribution in [-0.4, -0.2) is 30.2 Å². The van der Waals surface area contributed by atoms with E-state index in [2.05, 4.69) is 53.3 Å². The van der Waals surface area contributed by atoms with Crippen molar-refractivity contribution in [1.82, 2.24) is 9.97 Å². The van der Waals surface area contributed by atoms with Crippen molar-refractivity contribution in [2.24, 2.45) is 0 Å². The molecule has 1 aliphatic heterocycles. The average Bonchev–Trinajstić information content (AvgIpc) is 2.62. The van der Waals surface area contributed by atoms with E-state index in [1.165, 1.54) is 11.1 Å². The van der Waals surface area contributed by atoms with Crippen LogP contribution in [0, 0.1) is 6.92 Å². The van der Waals surface area contributed by atoms with Crippen molar-refractivity contribution in [3.05, 3.63) is 46.6 Å². The zero-order chi connectivity index (χ0) is 16.9. The van der Waals surface area contributed by atoms with E-state index in [1.807, 2.05) is 0 Å². The summed E-state index contributed by atoms with van der Waals surface area (Å²) in [5.74, 6) is 1.72. The Morgan fingerprint density at radius 1 is 1.20 bits per heavy atom. The number of anilines is 2. The molecule has 0 spiro atoms. The SMILES string of the molecule is CCCNc1nc(COC)c(C)c(N2CCc3ccccc3C2)n1.Cl. The van der Waals surface area contributed by atoms with Crippen molar-refractivity contribution in [2.75, 3.05) is 30.4 Å². The molecule has 0 amide bonds. The number of aromatic nitrogens is 2. The Kier molecular flexibility index (Phi) is 7.02. The van der Waals surface area contributed by atoms with Gasteiger partial charge in [-0.3, -0.25) is 0 Å². The lowest BCUT2D eigenvalue weighted by atomic mass is 9.99. The minimum atomic E-state index is 0. The molecule has 6 heteroatoms. The quantitative estimate of drug-likeness (QED) is 0.848. The molecule has 0 saturated carbocycles. The highest BCUT2D eigenvalue weighted by Gasteiger charge is 2.21. The largest absolute Gasteiger partial charge is 0.378 e. The third-order valence-corrected chi connectivity index (χ3v) is 4.47. The van der Waals surface area contributed by atoms with E-state index in [1.54, 1.807) is 7.11 Å². The highest BCUT2D eigenvalue weighted by Crippen LogP contribution is 2.28. The monoisotopic (exact) mass is 362 g/mol. The van der Waals surface area contributed by atoms with Crippen LogP contribution >= 0.6 is 12.4 Å². The molecule has 5 nitrogen and oxygen atoms in total. The molecule has 0 bridgehead atoms. The number of hydrogen-bond donors (Lipinski definition) is 1. The molecule has 136 valence electrons. The lowest BCUT2D eigenvalue weighted by molar-refractivity contribution is 0.181. The van der Waals surface area contributed by atoms with Crippen LogP contribution < -0.4 is 10.2 Å². The number of halogens is 1. The Morgan fingerprint density at radius 2 is 1.96 bits per heavy atom. The van der Waals surface area contributed by atoms with Gasteiger partial charge in [-0.25, -0.2) is 4.98 Å². The second-order valence-corrected chi connectivity index (χ2v) is 6.24. The van der Waals surface area contributed by atoms with Crippen LogP contribution in [-0.2, 0) is 24.3 Å². The number of benzene rings is 1. The van der Waals surface area contributed by atoms with Crippen molar-refractivity contribution in [3.63, 3.8) is 0 Å². The van der Waals surface area contributed by atoms with Crippen LogP contribution in [0.5, 0.6) is 0 Å². The summed E-state index contributed by atoms with van der Waals surface area (Å²) in [6, 6.07) is 8.67. The molecule has 2 heterocycles. The summed E-state index contributed by atoms with van der Waals surface area (Å²) >= 11 is 0. The van der Waals surface area contributed by atoms with Crippen molar-refractivity contribution < 1.29 is 4.74 Å². The fourth-order valence-corrected chi connectivity index (χ4v) is 3.13. The van der Waals surface area contributed by atoms with E-state index in [0.29, 0.717) is 12.6 Å². The van der Waals surface area contributed by atoms with E-state index in [9.17, 15) is 0 Å². The molecule has 1 aromatic carbocycles. The summed E-state index contributed by atoms with van der Waals surface area (Å²) in [5.41, 5.74) is 4.90. The fourth-order valence-electron chi connectivity index (χ4n) is 3.13. The Hall–Kier alpha value is -1.85. The van der Waals surface area contributed by atoms with Gasteiger partial charge in [0.25, 0.3) is 0 Å². The summed E-state index contributed by atoms with van der Waals surface area (Å²) in [6.45, 7) is 7.49. The smallest absolute Gasteiger partial charge is 0.224 e. The number of nitrogens with one attached hydrogen (secondary N) is 1. The maximum Gasteiger partial charge on any atom is 0.224 e. The maximum absolute atomic E-state index is 5.33. The Labute approximate surface area is 156 Å². The number of methoxy groups -OCH3 is 1. The molecule has 0 radical (unpaired) electrons. The molecule has 25 heavy (non-hydrogen) atoms. The van der Waals surface area contributed by atoms with Crippen molar-refractivity contribution in [3.8, 4) is 0 Å². The van der Waals surface area contributed by atoms with Gasteiger partial charge in [0.05, 0.1) is 12.3 Å². The number of hydrogen-bond acceptors (Lipinski definition) is 5. The molecule has 1 aromatic heterocycles. The minimum absolute atomic E-state index is 0. The van der Waals surface area contributed by atoms with Gasteiger partial charge in [0.2, 0.25) is 5.95 Å². The molecule has 2 aromatic rings. The normalized spacial score (nSPS) is 13.2. The van der Waals surface area contributed by atoms with E-state index in [4.69, 9.17) is 9.72 Å². The van der Waals surface area contributed by atoms with E-state index < -0.39 is 0 Å². The van der Waals surface area contributed by atoms with E-state index in [0.717, 1.165) is 49.6 Å². The average molecular weight is 363 g/mol. The predicted octanol–water partition coefficient (Wildman–Crippen LogP) is 3.74. The Morgan fingerprint density at radius 3 is 2.68 bits per heavy atom. The molecule has 0 atom stereocenters. The lowest BCUT2D eigenvalue weighted by Crippen LogP contribution is -2.32. The summed E-state index contributed by atoms with van der Waals surface area (Å²) in [7, 11) is 1.71. The molecule has 1 N–H and O–H groups in total. The van der Waals surface area contributed by atoms with Crippen molar-refractivity contribution in [1.29, 1.82) is 0 Å². The molecule has 0 fully saturated rings. The van der Waals surface area contributed by atoms with Gasteiger partial charge >= 0.3 is 0 Å². The van der Waals surface area contributed by atoms with Gasteiger partial charge in [-0.1, -0.05) is 31.2 Å². The molecule has 3 rings (SSSR count). The van der Waals surface area contributed by atoms with Gasteiger partial charge in [0.15, 0.2) is 0 Å². The van der Waals surface area contributed by atoms with Gasteiger partial charge in [-0.15, -0.1) is 12.4 Å². The highest BCUT2D eigenvalue weighted by molar-refractivity contribution is 5.85. The molecule has 0 aliphatic carbocycles. The van der Waals surface area contributed by atoms with Gasteiger partial charge < -0.3 is 15.0 Å². The van der Waals surface area contributed by atoms with Gasteiger partial charge in [-0.05, 0) is 30.9 Å². The zero-order valence-electron chi connectivity index (χ0n) is 15.2. The van der Waals surface area contributed by atoms with Gasteiger partial charge in [-0.2, -0.15) is 4.98 Å². The van der Waals surface area contributed by atoms with Crippen LogP contribution in [0.1, 0.15) is 35.7 Å². The summed E-state index contributed by atoms with van der Waals surface area (Å²) < 4.78 is 5.33. The zero-order valence-corrected chi connectivity index (χ0v) is 16.0. The van der Waals surface area contributed by atoms with Crippen LogP contribution in [0.15, 0.2) is 24.3 Å². The number of nitrogens with zero attached hydrogens (tertiary/aromatic N) is 3. The first kappa shape index (κ1) is 19.5. The highest BCUT2D eigenvalue weighted by atomic mass is 35.5. The van der Waals surface area contributed by atoms with Crippen LogP contribution in [0.2, 0.25) is 0 Å². The maximum atomic E-state index is 5.33. The predicted molar refractivity (Wildman–Crippen MR) is 105 cm³/mol.